The van der Waals surface area contributed by atoms with Crippen molar-refractivity contribution >= 4 is 102 Å². The molecule has 1 N–H and O–H groups in total. The summed E-state index contributed by atoms with van der Waals surface area (Å²) in [6.07, 6.45) is 1.09. The number of nitrogens with one attached hydrogen (secondary N) is 1. The largest absolute Gasteiger partial charge is 1.00 e. The zero-order chi connectivity index (χ0) is 39.3. The molecule has 0 radical (unpaired) electrons. The predicted molar refractivity (Wildman–Crippen MR) is 217 cm³/mol. The first-order valence-corrected chi connectivity index (χ1v) is 18.7. The number of methoxy groups -OCH3 is 2. The van der Waals surface area contributed by atoms with E-state index in [9.17, 15) is 9.18 Å². The van der Waals surface area contributed by atoms with Crippen LogP contribution in [-0.4, -0.2) is 42.8 Å². The topological polar surface area (TPSA) is 136 Å². The molecule has 0 amide bonds. The maximum absolute atomic E-state index is 10.6. The number of carbonyl (C=O) groups is 1. The van der Waals surface area contributed by atoms with Crippen molar-refractivity contribution < 1.29 is 139 Å². The van der Waals surface area contributed by atoms with Crippen molar-refractivity contribution in [3.63, 3.8) is 0 Å². The van der Waals surface area contributed by atoms with Gasteiger partial charge in [0, 0.05) is 24.3 Å². The van der Waals surface area contributed by atoms with Crippen LogP contribution in [0.2, 0.25) is 0 Å². The molecule has 0 aliphatic carbocycles. The van der Waals surface area contributed by atoms with E-state index >= 15 is 0 Å². The summed E-state index contributed by atoms with van der Waals surface area (Å²) in [6, 6.07) is 28.2. The predicted octanol–water partition coefficient (Wildman–Crippen LogP) is 4.10. The molecule has 0 aliphatic rings. The number of aryl methyl sites for hydroxylation is 1. The minimum atomic E-state index is -1.00. The summed E-state index contributed by atoms with van der Waals surface area (Å²) in [4.78, 5) is 32.9. The standard InChI is InChI=1S/C13H11Br2NO2.C9H12O.C5H3Br2NO.C5H3Br2N.CH3F.CH2O3.2K.H/c1-17-10-4-2-9(3-5-10)8-18-11-6-12(14)16-13(15)7-11;1-3-8-4-6-9(10-2)7-5-8;6-4-1-3(9)2-5(7)8-4;6-4-2-1-3-5(7)8-4;1-2;2-1-4-3;;;/h2-7H,8H2,1H3;4-7H,3H2,1-2H3;1-2H,(H,8,9);1-3H;1H3;1,3H;;;/q;;;;;;2*+1;-1/p-1/i;;;;1D;;;;. The Balaban J connectivity index is -0.000000306. The summed E-state index contributed by atoms with van der Waals surface area (Å²) < 4.78 is 35.8. The van der Waals surface area contributed by atoms with E-state index in [1.54, 1.807) is 14.2 Å². The molecular formula is C34H34Br6FK2N3O7. The number of aromatic nitrogens is 3. The van der Waals surface area contributed by atoms with Gasteiger partial charge in [-0.05, 0) is 150 Å². The Morgan fingerprint density at radius 1 is 0.755 bits per heavy atom. The Morgan fingerprint density at radius 3 is 1.47 bits per heavy atom. The average molecular weight is 1170 g/mol. The van der Waals surface area contributed by atoms with Gasteiger partial charge < -0.3 is 30.8 Å². The quantitative estimate of drug-likeness (QED) is 0.0842. The second-order valence-corrected chi connectivity index (χ2v) is 13.7. The first kappa shape index (κ1) is 55.7. The number of carbonyl (C=O) groups excluding carboxylic acids is 1. The Morgan fingerprint density at radius 2 is 1.15 bits per heavy atom. The van der Waals surface area contributed by atoms with Gasteiger partial charge in [0.15, 0.2) is 5.43 Å². The fraction of sp³-hybridized carbons (Fsp3) is 0.176. The average Bonchev–Trinajstić information content (AvgIpc) is 3.11. The smallest absolute Gasteiger partial charge is 1.00 e. The number of hydrogen-bond donors (Lipinski definition) is 1. The van der Waals surface area contributed by atoms with E-state index in [0.29, 0.717) is 15.8 Å². The molecule has 0 bridgehead atoms. The van der Waals surface area contributed by atoms with Gasteiger partial charge in [-0.2, -0.15) is 0 Å². The van der Waals surface area contributed by atoms with Gasteiger partial charge in [-0.15, -0.1) is 0 Å². The van der Waals surface area contributed by atoms with Crippen molar-refractivity contribution in [2.45, 2.75) is 20.0 Å². The number of ether oxygens (including phenoxy) is 3. The fourth-order valence-corrected chi connectivity index (χ4v) is 6.28. The number of benzene rings is 2. The molecule has 3 heterocycles. The van der Waals surface area contributed by atoms with Crippen LogP contribution in [0.15, 0.2) is 123 Å². The number of H-pyrrole nitrogens is 1. The van der Waals surface area contributed by atoms with Crippen LogP contribution in [0.4, 0.5) is 4.39 Å². The van der Waals surface area contributed by atoms with E-state index < -0.39 is 7.15 Å². The zero-order valence-electron chi connectivity index (χ0n) is 31.3. The van der Waals surface area contributed by atoms with Crippen LogP contribution in [0, 0.1) is 0 Å². The molecule has 278 valence electrons. The number of nitrogens with zero attached hydrogens (tertiary/aromatic N) is 2. The Labute approximate surface area is 447 Å². The molecule has 10 nitrogen and oxygen atoms in total. The summed E-state index contributed by atoms with van der Waals surface area (Å²) >= 11 is 19.3. The third-order valence-electron chi connectivity index (χ3n) is 5.37. The molecule has 5 aromatic rings. The minimum Gasteiger partial charge on any atom is -1.00 e. The first-order chi connectivity index (χ1) is 24.8. The third-order valence-corrected chi connectivity index (χ3v) is 7.92. The molecule has 2 aromatic carbocycles. The van der Waals surface area contributed by atoms with Gasteiger partial charge in [0.25, 0.3) is 6.47 Å². The van der Waals surface area contributed by atoms with Gasteiger partial charge in [-0.25, -0.2) is 9.97 Å². The number of halogens is 7. The van der Waals surface area contributed by atoms with Crippen molar-refractivity contribution in [2.24, 2.45) is 0 Å². The number of alkyl halides is 1. The van der Waals surface area contributed by atoms with Crippen LogP contribution in [0.3, 0.4) is 0 Å². The van der Waals surface area contributed by atoms with Crippen LogP contribution in [0.25, 0.3) is 0 Å². The number of pyridine rings is 3. The van der Waals surface area contributed by atoms with Crippen LogP contribution in [0.1, 0.15) is 20.8 Å². The molecule has 3 aromatic heterocycles. The van der Waals surface area contributed by atoms with Crippen molar-refractivity contribution in [1.29, 1.82) is 0 Å². The first-order valence-electron chi connectivity index (χ1n) is 14.7. The zero-order valence-corrected chi connectivity index (χ0v) is 45.0. The second kappa shape index (κ2) is 36.9. The third kappa shape index (κ3) is 30.4. The molecule has 0 fully saturated rings. The van der Waals surface area contributed by atoms with E-state index in [2.05, 4.69) is 134 Å². The number of aromatic amines is 1. The molecule has 0 saturated carbocycles. The van der Waals surface area contributed by atoms with Crippen molar-refractivity contribution in [1.82, 2.24) is 15.0 Å². The van der Waals surface area contributed by atoms with Crippen molar-refractivity contribution in [2.75, 3.05) is 21.4 Å². The fourth-order valence-electron chi connectivity index (χ4n) is 3.14. The van der Waals surface area contributed by atoms with E-state index in [0.717, 1.165) is 47.6 Å². The Hall–Kier alpha value is 0.603. The van der Waals surface area contributed by atoms with E-state index in [4.69, 9.17) is 25.6 Å². The number of rotatable bonds is 7. The second-order valence-electron chi connectivity index (χ2n) is 8.77. The summed E-state index contributed by atoms with van der Waals surface area (Å²) in [5.41, 5.74) is 2.41. The maximum Gasteiger partial charge on any atom is 1.00 e. The van der Waals surface area contributed by atoms with Crippen molar-refractivity contribution in [3.8, 4) is 17.2 Å². The maximum atomic E-state index is 10.6. The van der Waals surface area contributed by atoms with E-state index in [1.165, 1.54) is 17.7 Å². The summed E-state index contributed by atoms with van der Waals surface area (Å²) in [6.45, 7) is 2.47. The van der Waals surface area contributed by atoms with Gasteiger partial charge in [0.05, 0.1) is 32.0 Å². The van der Waals surface area contributed by atoms with Crippen molar-refractivity contribution in [3.05, 3.63) is 140 Å². The normalized spacial score (nSPS) is 9.00. The molecule has 19 heteroatoms. The van der Waals surface area contributed by atoms with Crippen LogP contribution in [-0.2, 0) is 22.7 Å². The molecule has 0 aliphatic heterocycles. The van der Waals surface area contributed by atoms with Gasteiger partial charge in [0.2, 0.25) is 0 Å². The summed E-state index contributed by atoms with van der Waals surface area (Å²) in [7, 11) is 2.33. The van der Waals surface area contributed by atoms with Crippen LogP contribution >= 0.6 is 95.6 Å². The van der Waals surface area contributed by atoms with E-state index in [1.807, 2.05) is 66.7 Å². The SMILES string of the molecule is Brc1cccc(Br)n1.CCc1ccc(OC)cc1.COc1ccc(COc2cc(Br)nc(Br)c2)cc1.O=CO[O-].O=c1cc(Br)[nH]c(Br)c1.[2H]CF.[H-].[K+].[K+]. The summed E-state index contributed by atoms with van der Waals surface area (Å²) in [5.74, 6) is 2.53. The van der Waals surface area contributed by atoms with E-state index in [-0.39, 0.29) is 116 Å². The molecule has 0 unspecified atom stereocenters. The molecule has 53 heavy (non-hydrogen) atoms. The monoisotopic (exact) mass is 1170 g/mol. The molecule has 0 spiro atoms. The van der Waals surface area contributed by atoms with Gasteiger partial charge in [-0.1, -0.05) is 37.3 Å². The van der Waals surface area contributed by atoms with Crippen LogP contribution < -0.4 is 128 Å². The number of hydrogen-bond acceptors (Lipinski definition) is 9. The van der Waals surface area contributed by atoms with Gasteiger partial charge >= 0.3 is 103 Å². The molecular weight excluding hydrogens is 1140 g/mol. The minimum absolute atomic E-state index is 0. The van der Waals surface area contributed by atoms with Gasteiger partial charge in [-0.3, -0.25) is 14.0 Å². The Bertz CT molecular complexity index is 1690. The summed E-state index contributed by atoms with van der Waals surface area (Å²) in [5, 5.41) is 8.43. The molecule has 5 rings (SSSR count). The van der Waals surface area contributed by atoms with Gasteiger partial charge in [0.1, 0.15) is 42.3 Å². The molecule has 0 saturated heterocycles. The molecule has 0 atom stereocenters. The Kier molecular flexibility index (Phi) is 38.8. The van der Waals surface area contributed by atoms with Crippen LogP contribution in [0.5, 0.6) is 17.2 Å².